The Labute approximate surface area is 351 Å². The molecule has 2 aliphatic carbocycles. The van der Waals surface area contributed by atoms with Gasteiger partial charge in [-0.25, -0.2) is 0 Å². The van der Waals surface area contributed by atoms with Gasteiger partial charge in [-0.2, -0.15) is 0 Å². The van der Waals surface area contributed by atoms with E-state index in [4.69, 9.17) is 4.42 Å². The van der Waals surface area contributed by atoms with Gasteiger partial charge in [0.1, 0.15) is 11.2 Å². The van der Waals surface area contributed by atoms with Crippen molar-refractivity contribution in [3.8, 4) is 44.5 Å². The Bertz CT molecular complexity index is 3370. The number of hydrogen-bond acceptors (Lipinski definition) is 2. The zero-order valence-electron chi connectivity index (χ0n) is 34.3. The Morgan fingerprint density at radius 2 is 1.03 bits per heavy atom. The molecule has 2 aliphatic rings. The molecule has 0 amide bonds. The van der Waals surface area contributed by atoms with Crippen LogP contribution in [-0.2, 0) is 10.8 Å². The lowest BCUT2D eigenvalue weighted by Crippen LogP contribution is -2.18. The van der Waals surface area contributed by atoms with Gasteiger partial charge in [0.15, 0.2) is 0 Å². The zero-order chi connectivity index (χ0) is 40.3. The topological polar surface area (TPSA) is 16.4 Å². The fraction of sp³-hybridized carbons (Fsp3) is 0.103. The van der Waals surface area contributed by atoms with Gasteiger partial charge in [-0.3, -0.25) is 0 Å². The summed E-state index contributed by atoms with van der Waals surface area (Å²) >= 11 is 0. The SMILES string of the molecule is CC1(C)c2ccccc2-c2ccc(N(c3ccc(-c4cccc5c4oc4ccccc45)cc3)c3cc4ccccc4c4c3-c3ccc(-c5ccccc5)cc3C4(C)C)cc21. The third-order valence-electron chi connectivity index (χ3n) is 13.6. The number of anilines is 3. The van der Waals surface area contributed by atoms with E-state index < -0.39 is 0 Å². The van der Waals surface area contributed by atoms with Crippen LogP contribution in [0.4, 0.5) is 17.1 Å². The van der Waals surface area contributed by atoms with Crippen LogP contribution in [0.25, 0.3) is 77.2 Å². The Balaban J connectivity index is 1.10. The van der Waals surface area contributed by atoms with Crippen LogP contribution < -0.4 is 4.90 Å². The minimum absolute atomic E-state index is 0.142. The van der Waals surface area contributed by atoms with Crippen molar-refractivity contribution in [1.82, 2.24) is 0 Å². The van der Waals surface area contributed by atoms with Crippen LogP contribution in [-0.4, -0.2) is 0 Å². The number of benzene rings is 9. The number of hydrogen-bond donors (Lipinski definition) is 0. The largest absolute Gasteiger partial charge is 0.455 e. The summed E-state index contributed by atoms with van der Waals surface area (Å²) in [5, 5.41) is 4.82. The van der Waals surface area contributed by atoms with Crippen LogP contribution in [0.2, 0.25) is 0 Å². The first kappa shape index (κ1) is 34.8. The van der Waals surface area contributed by atoms with E-state index in [0.29, 0.717) is 0 Å². The lowest BCUT2D eigenvalue weighted by Gasteiger charge is -2.31. The summed E-state index contributed by atoms with van der Waals surface area (Å²) in [4.78, 5) is 2.52. The monoisotopic (exact) mass is 769 g/mol. The molecule has 1 heterocycles. The van der Waals surface area contributed by atoms with Crippen LogP contribution in [0.1, 0.15) is 49.9 Å². The van der Waals surface area contributed by atoms with Gasteiger partial charge in [0, 0.05) is 44.1 Å². The molecule has 0 aliphatic heterocycles. The van der Waals surface area contributed by atoms with Gasteiger partial charge in [-0.05, 0) is 109 Å². The lowest BCUT2D eigenvalue weighted by atomic mass is 9.79. The number of fused-ring (bicyclic) bond motifs is 11. The Hall–Kier alpha value is -7.16. The number of nitrogens with zero attached hydrogens (tertiary/aromatic N) is 1. The van der Waals surface area contributed by atoms with Crippen molar-refractivity contribution < 1.29 is 4.42 Å². The summed E-state index contributed by atoms with van der Waals surface area (Å²) in [7, 11) is 0. The molecule has 2 heteroatoms. The third-order valence-corrected chi connectivity index (χ3v) is 13.6. The Kier molecular flexibility index (Phi) is 7.36. The molecule has 0 unspecified atom stereocenters. The molecular formula is C58H43NO. The molecule has 10 aromatic rings. The van der Waals surface area contributed by atoms with Crippen molar-refractivity contribution >= 4 is 49.8 Å². The molecule has 12 rings (SSSR count). The molecule has 60 heavy (non-hydrogen) atoms. The molecule has 2 nitrogen and oxygen atoms in total. The van der Waals surface area contributed by atoms with E-state index in [1.165, 1.54) is 72.1 Å². The van der Waals surface area contributed by atoms with Gasteiger partial charge in [0.05, 0.1) is 5.69 Å². The summed E-state index contributed by atoms with van der Waals surface area (Å²) < 4.78 is 6.51. The van der Waals surface area contributed by atoms with E-state index in [9.17, 15) is 0 Å². The first-order valence-corrected chi connectivity index (χ1v) is 21.1. The Morgan fingerprint density at radius 1 is 0.400 bits per heavy atom. The van der Waals surface area contributed by atoms with Crippen LogP contribution in [0.15, 0.2) is 192 Å². The Morgan fingerprint density at radius 3 is 1.88 bits per heavy atom. The second kappa shape index (κ2) is 12.7. The molecule has 0 radical (unpaired) electrons. The highest BCUT2D eigenvalue weighted by atomic mass is 16.3. The highest BCUT2D eigenvalue weighted by Gasteiger charge is 2.41. The molecule has 286 valence electrons. The minimum atomic E-state index is -0.243. The van der Waals surface area contributed by atoms with Crippen LogP contribution in [0.3, 0.4) is 0 Å². The normalized spacial score (nSPS) is 14.3. The van der Waals surface area contributed by atoms with Crippen molar-refractivity contribution in [2.75, 3.05) is 4.90 Å². The summed E-state index contributed by atoms with van der Waals surface area (Å²) in [6.07, 6.45) is 0. The second-order valence-corrected chi connectivity index (χ2v) is 17.7. The van der Waals surface area contributed by atoms with Gasteiger partial charge >= 0.3 is 0 Å². The molecule has 0 saturated carbocycles. The molecule has 0 bridgehead atoms. The minimum Gasteiger partial charge on any atom is -0.455 e. The van der Waals surface area contributed by atoms with Crippen molar-refractivity contribution in [3.63, 3.8) is 0 Å². The maximum atomic E-state index is 6.51. The maximum absolute atomic E-state index is 6.51. The number of furan rings is 1. The van der Waals surface area contributed by atoms with E-state index in [2.05, 4.69) is 215 Å². The van der Waals surface area contributed by atoms with Crippen LogP contribution in [0, 0.1) is 0 Å². The predicted molar refractivity (Wildman–Crippen MR) is 252 cm³/mol. The second-order valence-electron chi connectivity index (χ2n) is 17.7. The average molecular weight is 770 g/mol. The predicted octanol–water partition coefficient (Wildman–Crippen LogP) is 16.2. The van der Waals surface area contributed by atoms with E-state index in [-0.39, 0.29) is 10.8 Å². The highest BCUT2D eigenvalue weighted by Crippen LogP contribution is 2.58. The van der Waals surface area contributed by atoms with Gasteiger partial charge in [-0.1, -0.05) is 173 Å². The van der Waals surface area contributed by atoms with Crippen molar-refractivity contribution in [3.05, 3.63) is 210 Å². The quantitative estimate of drug-likeness (QED) is 0.173. The van der Waals surface area contributed by atoms with E-state index in [0.717, 1.165) is 44.4 Å². The molecule has 0 fully saturated rings. The molecular weight excluding hydrogens is 727 g/mol. The zero-order valence-corrected chi connectivity index (χ0v) is 34.3. The van der Waals surface area contributed by atoms with Crippen molar-refractivity contribution in [1.29, 1.82) is 0 Å². The van der Waals surface area contributed by atoms with Crippen LogP contribution in [0.5, 0.6) is 0 Å². The number of rotatable bonds is 5. The highest BCUT2D eigenvalue weighted by molar-refractivity contribution is 6.10. The summed E-state index contributed by atoms with van der Waals surface area (Å²) in [5.74, 6) is 0. The summed E-state index contributed by atoms with van der Waals surface area (Å²) in [6, 6.07) is 69.3. The van der Waals surface area contributed by atoms with Crippen molar-refractivity contribution in [2.24, 2.45) is 0 Å². The van der Waals surface area contributed by atoms with Gasteiger partial charge in [-0.15, -0.1) is 0 Å². The first-order chi connectivity index (χ1) is 29.3. The molecule has 0 saturated heterocycles. The summed E-state index contributed by atoms with van der Waals surface area (Å²) in [5.41, 5.74) is 20.3. The third kappa shape index (κ3) is 4.94. The fourth-order valence-electron chi connectivity index (χ4n) is 10.7. The van der Waals surface area contributed by atoms with E-state index >= 15 is 0 Å². The molecule has 9 aromatic carbocycles. The summed E-state index contributed by atoms with van der Waals surface area (Å²) in [6.45, 7) is 9.57. The van der Waals surface area contributed by atoms with E-state index in [1.807, 2.05) is 6.07 Å². The van der Waals surface area contributed by atoms with Gasteiger partial charge < -0.3 is 9.32 Å². The molecule has 0 N–H and O–H groups in total. The van der Waals surface area contributed by atoms with Crippen molar-refractivity contribution in [2.45, 2.75) is 38.5 Å². The van der Waals surface area contributed by atoms with Gasteiger partial charge in [0.25, 0.3) is 0 Å². The fourth-order valence-corrected chi connectivity index (χ4v) is 10.7. The standard InChI is InChI=1S/C58H43NO/c1-57(2)49-23-12-10-19-44(49)45-32-30-41(35-51(45)57)59(40-28-25-37(26-29-40)43-21-14-22-47-46-20-11-13-24-53(46)60-56(43)47)52-34-39-17-8-9-18-42(39)55-54(52)48-31-27-38(33-50(48)58(55,3)4)36-15-6-5-7-16-36/h5-35H,1-4H3. The van der Waals surface area contributed by atoms with Gasteiger partial charge in [0.2, 0.25) is 0 Å². The lowest BCUT2D eigenvalue weighted by molar-refractivity contribution is 0.660. The average Bonchev–Trinajstić information content (AvgIpc) is 3.87. The molecule has 0 atom stereocenters. The smallest absolute Gasteiger partial charge is 0.143 e. The first-order valence-electron chi connectivity index (χ1n) is 21.1. The molecule has 0 spiro atoms. The maximum Gasteiger partial charge on any atom is 0.143 e. The number of para-hydroxylation sites is 2. The van der Waals surface area contributed by atoms with E-state index in [1.54, 1.807) is 0 Å². The van der Waals surface area contributed by atoms with Crippen LogP contribution >= 0.6 is 0 Å². The molecule has 1 aromatic heterocycles.